The maximum Gasteiger partial charge on any atom is 0.235 e. The van der Waals surface area contributed by atoms with Crippen molar-refractivity contribution in [2.24, 2.45) is 0 Å². The molecule has 0 bridgehead atoms. The molecule has 0 atom stereocenters. The smallest absolute Gasteiger partial charge is 0.235 e. The zero-order valence-corrected chi connectivity index (χ0v) is 11.9. The van der Waals surface area contributed by atoms with Crippen molar-refractivity contribution in [2.45, 2.75) is 3.79 Å². The molecule has 1 N–H and O–H groups in total. The van der Waals surface area contributed by atoms with Gasteiger partial charge in [0.15, 0.2) is 0 Å². The summed E-state index contributed by atoms with van der Waals surface area (Å²) in [5.41, 5.74) is 1.25. The lowest BCUT2D eigenvalue weighted by molar-refractivity contribution is 1.15. The lowest BCUT2D eigenvalue weighted by atomic mass is 10.2. The Morgan fingerprint density at radius 2 is 1.89 bits per heavy atom. The number of halogens is 3. The van der Waals surface area contributed by atoms with Gasteiger partial charge in [0.1, 0.15) is 22.3 Å². The molecule has 0 radical (unpaired) electrons. The van der Waals surface area contributed by atoms with Gasteiger partial charge in [-0.25, -0.2) is 0 Å². The summed E-state index contributed by atoms with van der Waals surface area (Å²) < 4.78 is 2.32. The van der Waals surface area contributed by atoms with Gasteiger partial charge in [-0.2, -0.15) is 9.64 Å². The second-order valence-corrected chi connectivity index (χ2v) is 6.39. The fourth-order valence-corrected chi connectivity index (χ4v) is 2.69. The zero-order valence-electron chi connectivity index (χ0n) is 8.82. The SMILES string of the molecule is N#Cc1c(C(Cl)(Cl)Cl)nsc1Nc1ccccc1. The number of benzene rings is 1. The Kier molecular flexibility index (Phi) is 3.98. The first-order valence-corrected chi connectivity index (χ1v) is 6.72. The zero-order chi connectivity index (χ0) is 13.2. The molecule has 0 unspecified atom stereocenters. The van der Waals surface area contributed by atoms with E-state index < -0.39 is 3.79 Å². The minimum absolute atomic E-state index is 0.151. The van der Waals surface area contributed by atoms with Crippen LogP contribution in [0.4, 0.5) is 10.7 Å². The number of nitriles is 1. The molecule has 2 aromatic rings. The normalized spacial score (nSPS) is 11.0. The van der Waals surface area contributed by atoms with E-state index in [1.807, 2.05) is 36.4 Å². The van der Waals surface area contributed by atoms with Gasteiger partial charge in [-0.05, 0) is 23.7 Å². The van der Waals surface area contributed by atoms with Crippen LogP contribution in [0.1, 0.15) is 11.3 Å². The van der Waals surface area contributed by atoms with Crippen molar-refractivity contribution in [2.75, 3.05) is 5.32 Å². The highest BCUT2D eigenvalue weighted by molar-refractivity contribution is 7.10. The lowest BCUT2D eigenvalue weighted by Crippen LogP contribution is -2.03. The average Bonchev–Trinajstić information content (AvgIpc) is 2.73. The minimum Gasteiger partial charge on any atom is -0.345 e. The summed E-state index contributed by atoms with van der Waals surface area (Å²) in [6, 6.07) is 11.4. The van der Waals surface area contributed by atoms with E-state index in [1.54, 1.807) is 0 Å². The maximum absolute atomic E-state index is 9.13. The summed E-state index contributed by atoms with van der Waals surface area (Å²) in [6.45, 7) is 0. The van der Waals surface area contributed by atoms with Crippen LogP contribution < -0.4 is 5.32 Å². The quantitative estimate of drug-likeness (QED) is 0.824. The number of hydrogen-bond acceptors (Lipinski definition) is 4. The number of anilines is 2. The van der Waals surface area contributed by atoms with Crippen LogP contribution in [0.15, 0.2) is 30.3 Å². The molecule has 0 spiro atoms. The molecule has 1 heterocycles. The van der Waals surface area contributed by atoms with Gasteiger partial charge in [-0.1, -0.05) is 53.0 Å². The minimum atomic E-state index is -1.70. The van der Waals surface area contributed by atoms with Gasteiger partial charge >= 0.3 is 0 Å². The van der Waals surface area contributed by atoms with E-state index in [9.17, 15) is 0 Å². The Labute approximate surface area is 123 Å². The Morgan fingerprint density at radius 1 is 1.22 bits per heavy atom. The van der Waals surface area contributed by atoms with Crippen molar-refractivity contribution < 1.29 is 0 Å². The van der Waals surface area contributed by atoms with Crippen molar-refractivity contribution >= 4 is 57.0 Å². The molecule has 0 aliphatic heterocycles. The van der Waals surface area contributed by atoms with Crippen LogP contribution in [0.2, 0.25) is 0 Å². The fraction of sp³-hybridized carbons (Fsp3) is 0.0909. The number of aromatic nitrogens is 1. The molecular formula is C11H6Cl3N3S. The van der Waals surface area contributed by atoms with Gasteiger partial charge in [0.2, 0.25) is 3.79 Å². The first-order chi connectivity index (χ1) is 8.52. The van der Waals surface area contributed by atoms with E-state index in [4.69, 9.17) is 40.1 Å². The van der Waals surface area contributed by atoms with E-state index in [2.05, 4.69) is 9.69 Å². The van der Waals surface area contributed by atoms with Gasteiger partial charge in [0.25, 0.3) is 0 Å². The average molecular weight is 319 g/mol. The Bertz CT molecular complexity index is 584. The molecule has 18 heavy (non-hydrogen) atoms. The summed E-state index contributed by atoms with van der Waals surface area (Å²) in [4.78, 5) is 0. The van der Waals surface area contributed by atoms with Crippen molar-refractivity contribution in [3.05, 3.63) is 41.6 Å². The monoisotopic (exact) mass is 317 g/mol. The summed E-state index contributed by atoms with van der Waals surface area (Å²) in [7, 11) is 0. The molecule has 7 heteroatoms. The van der Waals surface area contributed by atoms with Crippen LogP contribution in [0.3, 0.4) is 0 Å². The maximum atomic E-state index is 9.13. The molecule has 0 aliphatic carbocycles. The van der Waals surface area contributed by atoms with Crippen LogP contribution >= 0.6 is 46.3 Å². The summed E-state index contributed by atoms with van der Waals surface area (Å²) in [5, 5.41) is 12.8. The predicted octanol–water partition coefficient (Wildman–Crippen LogP) is 4.59. The second kappa shape index (κ2) is 5.33. The van der Waals surface area contributed by atoms with E-state index >= 15 is 0 Å². The third kappa shape index (κ3) is 2.88. The lowest BCUT2D eigenvalue weighted by Gasteiger charge is -2.07. The fourth-order valence-electron chi connectivity index (χ4n) is 1.33. The summed E-state index contributed by atoms with van der Waals surface area (Å²) in [5.74, 6) is 0. The molecule has 92 valence electrons. The van der Waals surface area contributed by atoms with Crippen LogP contribution in [0, 0.1) is 11.3 Å². The van der Waals surface area contributed by atoms with Crippen molar-refractivity contribution in [1.82, 2.24) is 4.37 Å². The van der Waals surface area contributed by atoms with Crippen LogP contribution in [-0.4, -0.2) is 4.37 Å². The number of para-hydroxylation sites is 1. The van der Waals surface area contributed by atoms with Gasteiger partial charge in [0.05, 0.1) is 0 Å². The van der Waals surface area contributed by atoms with Gasteiger partial charge in [-0.3, -0.25) is 0 Å². The topological polar surface area (TPSA) is 48.7 Å². The molecule has 1 aromatic heterocycles. The Hall–Kier alpha value is -0.990. The summed E-state index contributed by atoms with van der Waals surface area (Å²) >= 11 is 18.4. The van der Waals surface area contributed by atoms with Crippen molar-refractivity contribution in [3.63, 3.8) is 0 Å². The summed E-state index contributed by atoms with van der Waals surface area (Å²) in [6.07, 6.45) is 0. The number of nitrogens with one attached hydrogen (secondary N) is 1. The van der Waals surface area contributed by atoms with Crippen LogP contribution in [0.5, 0.6) is 0 Å². The van der Waals surface area contributed by atoms with Crippen LogP contribution in [0.25, 0.3) is 0 Å². The first-order valence-electron chi connectivity index (χ1n) is 4.81. The third-order valence-corrected chi connectivity index (χ3v) is 3.40. The predicted molar refractivity (Wildman–Crippen MR) is 75.8 cm³/mol. The van der Waals surface area contributed by atoms with Crippen molar-refractivity contribution in [1.29, 1.82) is 5.26 Å². The number of hydrogen-bond donors (Lipinski definition) is 1. The highest BCUT2D eigenvalue weighted by atomic mass is 35.6. The molecular weight excluding hydrogens is 313 g/mol. The van der Waals surface area contributed by atoms with Gasteiger partial charge in [-0.15, -0.1) is 0 Å². The Morgan fingerprint density at radius 3 is 2.44 bits per heavy atom. The number of alkyl halides is 3. The number of nitrogens with zero attached hydrogens (tertiary/aromatic N) is 2. The highest BCUT2D eigenvalue weighted by Crippen LogP contribution is 2.42. The first kappa shape index (κ1) is 13.4. The highest BCUT2D eigenvalue weighted by Gasteiger charge is 2.31. The second-order valence-electron chi connectivity index (χ2n) is 3.34. The molecule has 0 saturated carbocycles. The van der Waals surface area contributed by atoms with E-state index in [0.29, 0.717) is 5.00 Å². The molecule has 3 nitrogen and oxygen atoms in total. The molecule has 0 saturated heterocycles. The van der Waals surface area contributed by atoms with Gasteiger partial charge in [0, 0.05) is 5.69 Å². The number of rotatable bonds is 2. The Balaban J connectivity index is 2.37. The molecule has 0 aliphatic rings. The van der Waals surface area contributed by atoms with Crippen LogP contribution in [-0.2, 0) is 3.79 Å². The molecule has 0 fully saturated rings. The van der Waals surface area contributed by atoms with Gasteiger partial charge < -0.3 is 5.32 Å². The molecule has 1 aromatic carbocycles. The van der Waals surface area contributed by atoms with E-state index in [0.717, 1.165) is 17.2 Å². The molecule has 2 rings (SSSR count). The van der Waals surface area contributed by atoms with Crippen molar-refractivity contribution in [3.8, 4) is 6.07 Å². The largest absolute Gasteiger partial charge is 0.345 e. The third-order valence-electron chi connectivity index (χ3n) is 2.10. The van der Waals surface area contributed by atoms with E-state index in [-0.39, 0.29) is 11.3 Å². The van der Waals surface area contributed by atoms with E-state index in [1.165, 1.54) is 0 Å². The standard InChI is InChI=1S/C11H6Cl3N3S/c12-11(13,14)9-8(6-15)10(18-17-9)16-7-4-2-1-3-5-7/h1-5,16H. The molecule has 0 amide bonds.